The number of hydrogen-bond donors (Lipinski definition) is 2. The zero-order chi connectivity index (χ0) is 9.36. The van der Waals surface area contributed by atoms with Crippen molar-refractivity contribution in [3.8, 4) is 0 Å². The van der Waals surface area contributed by atoms with Crippen LogP contribution < -0.4 is 10.6 Å². The summed E-state index contributed by atoms with van der Waals surface area (Å²) < 4.78 is 0. The molecule has 0 heterocycles. The highest BCUT2D eigenvalue weighted by molar-refractivity contribution is 4.72. The second-order valence-corrected chi connectivity index (χ2v) is 4.15. The smallest absolute Gasteiger partial charge is 0.00484 e. The Kier molecular flexibility index (Phi) is 6.21. The van der Waals surface area contributed by atoms with Gasteiger partial charge in [0.15, 0.2) is 0 Å². The van der Waals surface area contributed by atoms with Crippen LogP contribution >= 0.6 is 0 Å². The Bertz CT molecular complexity index is 111. The summed E-state index contributed by atoms with van der Waals surface area (Å²) in [4.78, 5) is 0. The average molecular weight is 184 g/mol. The van der Waals surface area contributed by atoms with Gasteiger partial charge in [-0.2, -0.15) is 0 Å². The van der Waals surface area contributed by atoms with Gasteiger partial charge in [0.2, 0.25) is 0 Å². The van der Waals surface area contributed by atoms with E-state index >= 15 is 0 Å². The lowest BCUT2D eigenvalue weighted by atomic mass is 10.2. The Morgan fingerprint density at radius 3 is 2.38 bits per heavy atom. The zero-order valence-corrected chi connectivity index (χ0v) is 8.94. The van der Waals surface area contributed by atoms with Crippen LogP contribution in [0.5, 0.6) is 0 Å². The molecule has 0 aromatic carbocycles. The maximum atomic E-state index is 3.50. The molecule has 1 saturated carbocycles. The molecule has 0 unspecified atom stereocenters. The van der Waals surface area contributed by atoms with Crippen molar-refractivity contribution in [3.63, 3.8) is 0 Å². The normalized spacial score (nSPS) is 16.4. The molecule has 0 spiro atoms. The van der Waals surface area contributed by atoms with E-state index in [1.165, 1.54) is 51.6 Å². The van der Waals surface area contributed by atoms with E-state index in [2.05, 4.69) is 10.6 Å². The molecule has 1 aliphatic rings. The standard InChI is InChI=1S/C11H24N2/c1-12-8-2-3-9-13-10-4-5-11-6-7-11/h11-13H,2-10H2,1H3. The first-order valence-corrected chi connectivity index (χ1v) is 5.79. The molecule has 0 radical (unpaired) electrons. The molecule has 2 nitrogen and oxygen atoms in total. The summed E-state index contributed by atoms with van der Waals surface area (Å²) in [5.74, 6) is 1.10. The van der Waals surface area contributed by atoms with Crippen LogP contribution in [0, 0.1) is 5.92 Å². The molecule has 78 valence electrons. The molecular weight excluding hydrogens is 160 g/mol. The van der Waals surface area contributed by atoms with Crippen LogP contribution in [0.15, 0.2) is 0 Å². The van der Waals surface area contributed by atoms with Crippen LogP contribution in [0.4, 0.5) is 0 Å². The van der Waals surface area contributed by atoms with Gasteiger partial charge in [0.05, 0.1) is 0 Å². The van der Waals surface area contributed by atoms with Gasteiger partial charge >= 0.3 is 0 Å². The summed E-state index contributed by atoms with van der Waals surface area (Å²) in [6.07, 6.45) is 8.46. The quantitative estimate of drug-likeness (QED) is 0.534. The van der Waals surface area contributed by atoms with E-state index in [0.717, 1.165) is 12.5 Å². The largest absolute Gasteiger partial charge is 0.320 e. The monoisotopic (exact) mass is 184 g/mol. The van der Waals surface area contributed by atoms with Crippen LogP contribution in [-0.2, 0) is 0 Å². The molecule has 0 amide bonds. The second kappa shape index (κ2) is 7.34. The highest BCUT2D eigenvalue weighted by Gasteiger charge is 2.19. The van der Waals surface area contributed by atoms with E-state index in [0.29, 0.717) is 0 Å². The molecule has 13 heavy (non-hydrogen) atoms. The minimum Gasteiger partial charge on any atom is -0.320 e. The van der Waals surface area contributed by atoms with E-state index in [-0.39, 0.29) is 0 Å². The Morgan fingerprint density at radius 1 is 1.00 bits per heavy atom. The van der Waals surface area contributed by atoms with Gasteiger partial charge in [0, 0.05) is 0 Å². The molecule has 0 bridgehead atoms. The van der Waals surface area contributed by atoms with Crippen LogP contribution in [-0.4, -0.2) is 26.7 Å². The van der Waals surface area contributed by atoms with Gasteiger partial charge in [-0.15, -0.1) is 0 Å². The van der Waals surface area contributed by atoms with E-state index in [9.17, 15) is 0 Å². The molecule has 0 saturated heterocycles. The van der Waals surface area contributed by atoms with Crippen molar-refractivity contribution in [2.24, 2.45) is 5.92 Å². The summed E-state index contributed by atoms with van der Waals surface area (Å²) in [5, 5.41) is 6.66. The van der Waals surface area contributed by atoms with Crippen molar-refractivity contribution >= 4 is 0 Å². The summed E-state index contributed by atoms with van der Waals surface area (Å²) in [6.45, 7) is 3.59. The van der Waals surface area contributed by atoms with Gasteiger partial charge in [0.1, 0.15) is 0 Å². The van der Waals surface area contributed by atoms with Crippen molar-refractivity contribution in [3.05, 3.63) is 0 Å². The maximum absolute atomic E-state index is 3.50. The molecule has 1 rings (SSSR count). The minimum atomic E-state index is 1.10. The van der Waals surface area contributed by atoms with Crippen molar-refractivity contribution in [2.45, 2.75) is 38.5 Å². The molecule has 1 aliphatic carbocycles. The summed E-state index contributed by atoms with van der Waals surface area (Å²) in [7, 11) is 2.02. The Hall–Kier alpha value is -0.0800. The lowest BCUT2D eigenvalue weighted by Crippen LogP contribution is -2.18. The van der Waals surface area contributed by atoms with Crippen LogP contribution in [0.25, 0.3) is 0 Å². The molecule has 0 aromatic rings. The number of hydrogen-bond acceptors (Lipinski definition) is 2. The number of unbranched alkanes of at least 4 members (excludes halogenated alkanes) is 1. The van der Waals surface area contributed by atoms with Gasteiger partial charge in [0.25, 0.3) is 0 Å². The first kappa shape index (κ1) is 11.0. The topological polar surface area (TPSA) is 24.1 Å². The van der Waals surface area contributed by atoms with Crippen molar-refractivity contribution in [1.29, 1.82) is 0 Å². The third-order valence-corrected chi connectivity index (χ3v) is 2.69. The minimum absolute atomic E-state index is 1.10. The summed E-state index contributed by atoms with van der Waals surface area (Å²) >= 11 is 0. The van der Waals surface area contributed by atoms with E-state index < -0.39 is 0 Å². The first-order chi connectivity index (χ1) is 6.43. The van der Waals surface area contributed by atoms with Crippen molar-refractivity contribution in [1.82, 2.24) is 10.6 Å². The van der Waals surface area contributed by atoms with Crippen molar-refractivity contribution < 1.29 is 0 Å². The molecule has 0 aliphatic heterocycles. The Labute approximate surface area is 82.5 Å². The highest BCUT2D eigenvalue weighted by atomic mass is 14.8. The number of nitrogens with one attached hydrogen (secondary N) is 2. The van der Waals surface area contributed by atoms with Gasteiger partial charge in [-0.1, -0.05) is 12.8 Å². The van der Waals surface area contributed by atoms with Gasteiger partial charge in [-0.25, -0.2) is 0 Å². The van der Waals surface area contributed by atoms with E-state index in [4.69, 9.17) is 0 Å². The fraction of sp³-hybridized carbons (Fsp3) is 1.00. The second-order valence-electron chi connectivity index (χ2n) is 4.15. The van der Waals surface area contributed by atoms with Crippen LogP contribution in [0.1, 0.15) is 38.5 Å². The Balaban J connectivity index is 1.63. The molecule has 2 heteroatoms. The number of rotatable bonds is 9. The maximum Gasteiger partial charge on any atom is -0.00484 e. The fourth-order valence-electron chi connectivity index (χ4n) is 1.60. The fourth-order valence-corrected chi connectivity index (χ4v) is 1.60. The van der Waals surface area contributed by atoms with Crippen LogP contribution in [0.3, 0.4) is 0 Å². The van der Waals surface area contributed by atoms with E-state index in [1.807, 2.05) is 7.05 Å². The molecule has 0 atom stereocenters. The van der Waals surface area contributed by atoms with E-state index in [1.54, 1.807) is 0 Å². The zero-order valence-electron chi connectivity index (χ0n) is 8.94. The third kappa shape index (κ3) is 7.03. The predicted molar refractivity (Wildman–Crippen MR) is 58.0 cm³/mol. The summed E-state index contributed by atoms with van der Waals surface area (Å²) in [6, 6.07) is 0. The molecule has 2 N–H and O–H groups in total. The predicted octanol–water partition coefficient (Wildman–Crippen LogP) is 1.77. The molecular formula is C11H24N2. The molecule has 1 fully saturated rings. The Morgan fingerprint density at radius 2 is 1.69 bits per heavy atom. The SMILES string of the molecule is CNCCCCNCCCC1CC1. The third-order valence-electron chi connectivity index (χ3n) is 2.69. The van der Waals surface area contributed by atoms with Crippen LogP contribution in [0.2, 0.25) is 0 Å². The summed E-state index contributed by atoms with van der Waals surface area (Å²) in [5.41, 5.74) is 0. The lowest BCUT2D eigenvalue weighted by Gasteiger charge is -2.03. The highest BCUT2D eigenvalue weighted by Crippen LogP contribution is 2.33. The molecule has 0 aromatic heterocycles. The van der Waals surface area contributed by atoms with Crippen molar-refractivity contribution in [2.75, 3.05) is 26.7 Å². The lowest BCUT2D eigenvalue weighted by molar-refractivity contribution is 0.565. The first-order valence-electron chi connectivity index (χ1n) is 5.79. The average Bonchev–Trinajstić information content (AvgIpc) is 2.93. The van der Waals surface area contributed by atoms with Gasteiger partial charge in [-0.3, -0.25) is 0 Å². The van der Waals surface area contributed by atoms with Gasteiger partial charge < -0.3 is 10.6 Å². The van der Waals surface area contributed by atoms with Gasteiger partial charge in [-0.05, 0) is 58.3 Å².